The van der Waals surface area contributed by atoms with Gasteiger partial charge in [-0.25, -0.2) is 4.98 Å². The molecule has 0 spiro atoms. The number of likely N-dealkylation sites (tertiary alicyclic amines) is 1. The molecular formula is C22H25N3O2S. The van der Waals surface area contributed by atoms with Gasteiger partial charge in [-0.3, -0.25) is 9.69 Å². The van der Waals surface area contributed by atoms with Crippen molar-refractivity contribution in [2.45, 2.75) is 19.3 Å². The van der Waals surface area contributed by atoms with Gasteiger partial charge in [0.05, 0.1) is 17.3 Å². The molecule has 6 heteroatoms. The van der Waals surface area contributed by atoms with Crippen molar-refractivity contribution in [3.05, 3.63) is 54.1 Å². The largest absolute Gasteiger partial charge is 0.497 e. The SMILES string of the molecule is COc1cccc(C(=O)N(CCN2CCCCC2)c2nc3ccccc3s2)c1. The molecule has 0 saturated carbocycles. The van der Waals surface area contributed by atoms with E-state index in [0.29, 0.717) is 17.9 Å². The van der Waals surface area contributed by atoms with Crippen molar-refractivity contribution < 1.29 is 9.53 Å². The van der Waals surface area contributed by atoms with E-state index >= 15 is 0 Å². The Morgan fingerprint density at radius 3 is 2.75 bits per heavy atom. The quantitative estimate of drug-likeness (QED) is 0.619. The van der Waals surface area contributed by atoms with Gasteiger partial charge in [0.1, 0.15) is 5.75 Å². The van der Waals surface area contributed by atoms with Crippen LogP contribution in [0.4, 0.5) is 5.13 Å². The second-order valence-corrected chi connectivity index (χ2v) is 8.06. The molecule has 0 N–H and O–H groups in total. The minimum absolute atomic E-state index is 0.0324. The van der Waals surface area contributed by atoms with Gasteiger partial charge in [-0.15, -0.1) is 0 Å². The number of piperidine rings is 1. The van der Waals surface area contributed by atoms with Crippen molar-refractivity contribution in [3.8, 4) is 5.75 Å². The van der Waals surface area contributed by atoms with Crippen molar-refractivity contribution in [2.75, 3.05) is 38.2 Å². The number of benzene rings is 2. The van der Waals surface area contributed by atoms with E-state index < -0.39 is 0 Å². The van der Waals surface area contributed by atoms with Crippen LogP contribution in [-0.4, -0.2) is 49.1 Å². The average molecular weight is 396 g/mol. The molecule has 1 aliphatic rings. The van der Waals surface area contributed by atoms with Crippen LogP contribution in [0.15, 0.2) is 48.5 Å². The number of amides is 1. The fourth-order valence-corrected chi connectivity index (χ4v) is 4.59. The summed E-state index contributed by atoms with van der Waals surface area (Å²) in [5.41, 5.74) is 1.56. The van der Waals surface area contributed by atoms with Crippen LogP contribution in [0.3, 0.4) is 0 Å². The summed E-state index contributed by atoms with van der Waals surface area (Å²) in [5.74, 6) is 0.654. The predicted octanol–water partition coefficient (Wildman–Crippen LogP) is 4.44. The number of carbonyl (C=O) groups excluding carboxylic acids is 1. The lowest BCUT2D eigenvalue weighted by atomic mass is 10.1. The Balaban J connectivity index is 1.62. The van der Waals surface area contributed by atoms with E-state index in [0.717, 1.165) is 35.0 Å². The van der Waals surface area contributed by atoms with Gasteiger partial charge in [0.25, 0.3) is 5.91 Å². The highest BCUT2D eigenvalue weighted by molar-refractivity contribution is 7.22. The zero-order valence-corrected chi connectivity index (χ0v) is 17.0. The zero-order valence-electron chi connectivity index (χ0n) is 16.1. The lowest BCUT2D eigenvalue weighted by molar-refractivity contribution is 0.0982. The Labute approximate surface area is 169 Å². The summed E-state index contributed by atoms with van der Waals surface area (Å²) in [6.07, 6.45) is 3.79. The monoisotopic (exact) mass is 395 g/mol. The number of hydrogen-bond donors (Lipinski definition) is 0. The van der Waals surface area contributed by atoms with Crippen LogP contribution in [0.25, 0.3) is 10.2 Å². The van der Waals surface area contributed by atoms with Crippen LogP contribution in [0.2, 0.25) is 0 Å². The van der Waals surface area contributed by atoms with Crippen molar-refractivity contribution in [1.82, 2.24) is 9.88 Å². The molecule has 0 bridgehead atoms. The summed E-state index contributed by atoms with van der Waals surface area (Å²) in [7, 11) is 1.62. The van der Waals surface area contributed by atoms with Crippen LogP contribution < -0.4 is 9.64 Å². The highest BCUT2D eigenvalue weighted by Gasteiger charge is 2.23. The van der Waals surface area contributed by atoms with Gasteiger partial charge in [-0.05, 0) is 56.3 Å². The summed E-state index contributed by atoms with van der Waals surface area (Å²) in [4.78, 5) is 22.4. The summed E-state index contributed by atoms with van der Waals surface area (Å²) in [6.45, 7) is 3.73. The summed E-state index contributed by atoms with van der Waals surface area (Å²) < 4.78 is 6.40. The topological polar surface area (TPSA) is 45.7 Å². The van der Waals surface area contributed by atoms with Crippen molar-refractivity contribution in [1.29, 1.82) is 0 Å². The highest BCUT2D eigenvalue weighted by atomic mass is 32.1. The van der Waals surface area contributed by atoms with E-state index in [1.807, 2.05) is 41.3 Å². The first-order valence-electron chi connectivity index (χ1n) is 9.78. The third-order valence-electron chi connectivity index (χ3n) is 5.16. The van der Waals surface area contributed by atoms with Gasteiger partial charge in [0, 0.05) is 18.7 Å². The van der Waals surface area contributed by atoms with E-state index in [1.54, 1.807) is 24.5 Å². The number of aromatic nitrogens is 1. The second-order valence-electron chi connectivity index (χ2n) is 7.06. The molecule has 0 radical (unpaired) electrons. The molecule has 3 aromatic rings. The first-order chi connectivity index (χ1) is 13.7. The molecule has 1 fully saturated rings. The van der Waals surface area contributed by atoms with Gasteiger partial charge < -0.3 is 9.64 Å². The number of fused-ring (bicyclic) bond motifs is 1. The molecular weight excluding hydrogens is 370 g/mol. The number of nitrogens with zero attached hydrogens (tertiary/aromatic N) is 3. The predicted molar refractivity (Wildman–Crippen MR) is 115 cm³/mol. The smallest absolute Gasteiger partial charge is 0.260 e. The summed E-state index contributed by atoms with van der Waals surface area (Å²) in [5, 5.41) is 0.756. The molecule has 1 amide bonds. The number of anilines is 1. The molecule has 1 saturated heterocycles. The molecule has 0 unspecified atom stereocenters. The second kappa shape index (κ2) is 8.71. The highest BCUT2D eigenvalue weighted by Crippen LogP contribution is 2.30. The third kappa shape index (κ3) is 4.18. The van der Waals surface area contributed by atoms with E-state index in [1.165, 1.54) is 19.3 Å². The van der Waals surface area contributed by atoms with E-state index in [9.17, 15) is 4.79 Å². The normalized spacial score (nSPS) is 14.9. The van der Waals surface area contributed by atoms with Crippen LogP contribution in [0, 0.1) is 0 Å². The number of carbonyl (C=O) groups is 1. The number of rotatable bonds is 6. The molecule has 146 valence electrons. The van der Waals surface area contributed by atoms with Gasteiger partial charge >= 0.3 is 0 Å². The Hall–Kier alpha value is -2.44. The van der Waals surface area contributed by atoms with Crippen LogP contribution in [0.1, 0.15) is 29.6 Å². The Morgan fingerprint density at radius 1 is 1.14 bits per heavy atom. The van der Waals surface area contributed by atoms with E-state index in [4.69, 9.17) is 9.72 Å². The van der Waals surface area contributed by atoms with Gasteiger partial charge in [-0.1, -0.05) is 36.0 Å². The third-order valence-corrected chi connectivity index (χ3v) is 6.22. The van der Waals surface area contributed by atoms with Gasteiger partial charge in [0.15, 0.2) is 5.13 Å². The number of ether oxygens (including phenoxy) is 1. The minimum Gasteiger partial charge on any atom is -0.497 e. The Bertz CT molecular complexity index is 917. The lowest BCUT2D eigenvalue weighted by Gasteiger charge is -2.29. The van der Waals surface area contributed by atoms with Crippen molar-refractivity contribution in [2.24, 2.45) is 0 Å². The van der Waals surface area contributed by atoms with E-state index in [-0.39, 0.29) is 5.91 Å². The molecule has 1 aromatic heterocycles. The molecule has 0 aliphatic carbocycles. The summed E-state index contributed by atoms with van der Waals surface area (Å²) in [6, 6.07) is 15.4. The maximum atomic E-state index is 13.4. The molecule has 0 atom stereocenters. The summed E-state index contributed by atoms with van der Waals surface area (Å²) >= 11 is 1.57. The average Bonchev–Trinajstić information content (AvgIpc) is 3.18. The molecule has 28 heavy (non-hydrogen) atoms. The standard InChI is InChI=1S/C22H25N3O2S/c1-27-18-9-7-8-17(16-18)21(26)25(15-14-24-12-5-2-6-13-24)22-23-19-10-3-4-11-20(19)28-22/h3-4,7-11,16H,2,5-6,12-15H2,1H3. The van der Waals surface area contributed by atoms with Crippen molar-refractivity contribution in [3.63, 3.8) is 0 Å². The Morgan fingerprint density at radius 2 is 1.96 bits per heavy atom. The fraction of sp³-hybridized carbons (Fsp3) is 0.364. The molecule has 5 nitrogen and oxygen atoms in total. The fourth-order valence-electron chi connectivity index (χ4n) is 3.60. The number of para-hydroxylation sites is 1. The lowest BCUT2D eigenvalue weighted by Crippen LogP contribution is -2.40. The molecule has 4 rings (SSSR count). The van der Waals surface area contributed by atoms with E-state index in [2.05, 4.69) is 11.0 Å². The number of hydrogen-bond acceptors (Lipinski definition) is 5. The Kier molecular flexibility index (Phi) is 5.88. The van der Waals surface area contributed by atoms with Gasteiger partial charge in [-0.2, -0.15) is 0 Å². The first kappa shape index (κ1) is 18.9. The molecule has 2 heterocycles. The maximum absolute atomic E-state index is 13.4. The van der Waals surface area contributed by atoms with Crippen molar-refractivity contribution >= 4 is 32.6 Å². The first-order valence-corrected chi connectivity index (χ1v) is 10.6. The van der Waals surface area contributed by atoms with Gasteiger partial charge in [0.2, 0.25) is 0 Å². The van der Waals surface area contributed by atoms with Crippen LogP contribution >= 0.6 is 11.3 Å². The minimum atomic E-state index is -0.0324. The van der Waals surface area contributed by atoms with Crippen LogP contribution in [0.5, 0.6) is 5.75 Å². The number of thiazole rings is 1. The molecule has 1 aliphatic heterocycles. The molecule has 2 aromatic carbocycles. The zero-order chi connectivity index (χ0) is 19.3. The number of methoxy groups -OCH3 is 1. The maximum Gasteiger partial charge on any atom is 0.260 e. The van der Waals surface area contributed by atoms with Crippen LogP contribution in [-0.2, 0) is 0 Å².